The van der Waals surface area contributed by atoms with Crippen LogP contribution in [0, 0.1) is 0 Å². The average Bonchev–Trinajstić information content (AvgIpc) is 2.54. The van der Waals surface area contributed by atoms with Gasteiger partial charge < -0.3 is 14.2 Å². The van der Waals surface area contributed by atoms with Crippen LogP contribution >= 0.6 is 27.5 Å². The van der Waals surface area contributed by atoms with E-state index in [0.29, 0.717) is 11.5 Å². The predicted octanol–water partition coefficient (Wildman–Crippen LogP) is 4.80. The molecule has 2 aromatic rings. The van der Waals surface area contributed by atoms with Gasteiger partial charge in [0.15, 0.2) is 0 Å². The Hall–Kier alpha value is -1.39. The Labute approximate surface area is 137 Å². The van der Waals surface area contributed by atoms with Crippen LogP contribution in [0.4, 0.5) is 0 Å². The summed E-state index contributed by atoms with van der Waals surface area (Å²) in [5.41, 5.74) is 1.84. The lowest BCUT2D eigenvalue weighted by molar-refractivity contribution is 0.386. The van der Waals surface area contributed by atoms with E-state index < -0.39 is 0 Å². The lowest BCUT2D eigenvalue weighted by Gasteiger charge is -2.17. The zero-order valence-electron chi connectivity index (χ0n) is 12.0. The molecule has 0 aliphatic rings. The summed E-state index contributed by atoms with van der Waals surface area (Å²) in [6.07, 6.45) is 0. The van der Waals surface area contributed by atoms with Gasteiger partial charge >= 0.3 is 0 Å². The smallest absolute Gasteiger partial charge is 0.141 e. The normalized spacial score (nSPS) is 11.9. The number of rotatable bonds is 5. The van der Waals surface area contributed by atoms with Gasteiger partial charge in [-0.15, -0.1) is 11.6 Å². The molecule has 1 unspecified atom stereocenters. The van der Waals surface area contributed by atoms with E-state index in [1.54, 1.807) is 21.3 Å². The number of ether oxygens (including phenoxy) is 3. The summed E-state index contributed by atoms with van der Waals surface area (Å²) < 4.78 is 16.7. The Kier molecular flexibility index (Phi) is 5.37. The third kappa shape index (κ3) is 3.27. The van der Waals surface area contributed by atoms with Gasteiger partial charge in [-0.1, -0.05) is 12.1 Å². The summed E-state index contributed by atoms with van der Waals surface area (Å²) in [7, 11) is 4.86. The second-order valence-electron chi connectivity index (χ2n) is 4.34. The predicted molar refractivity (Wildman–Crippen MR) is 87.9 cm³/mol. The summed E-state index contributed by atoms with van der Waals surface area (Å²) in [6.45, 7) is 0. The number of alkyl halides is 1. The third-order valence-corrected chi connectivity index (χ3v) is 4.44. The minimum atomic E-state index is -0.326. The first-order valence-corrected chi connectivity index (χ1v) is 7.53. The van der Waals surface area contributed by atoms with E-state index >= 15 is 0 Å². The molecule has 3 nitrogen and oxygen atoms in total. The largest absolute Gasteiger partial charge is 0.497 e. The van der Waals surface area contributed by atoms with Gasteiger partial charge in [0.25, 0.3) is 0 Å². The summed E-state index contributed by atoms with van der Waals surface area (Å²) in [6, 6.07) is 11.4. The summed E-state index contributed by atoms with van der Waals surface area (Å²) in [5, 5.41) is -0.326. The van der Waals surface area contributed by atoms with Crippen molar-refractivity contribution in [1.29, 1.82) is 0 Å². The molecule has 5 heteroatoms. The van der Waals surface area contributed by atoms with Crippen molar-refractivity contribution in [2.24, 2.45) is 0 Å². The molecule has 0 amide bonds. The molecule has 0 aromatic heterocycles. The van der Waals surface area contributed by atoms with Gasteiger partial charge in [0.2, 0.25) is 0 Å². The number of methoxy groups -OCH3 is 3. The van der Waals surface area contributed by atoms with Crippen molar-refractivity contribution in [2.75, 3.05) is 21.3 Å². The van der Waals surface area contributed by atoms with E-state index in [0.717, 1.165) is 21.3 Å². The summed E-state index contributed by atoms with van der Waals surface area (Å²) in [4.78, 5) is 0. The number of halogens is 2. The SMILES string of the molecule is COc1ccc(C(Cl)c2ccc(OC)c(Br)c2OC)cc1. The van der Waals surface area contributed by atoms with Gasteiger partial charge in [-0.2, -0.15) is 0 Å². The number of hydrogen-bond acceptors (Lipinski definition) is 3. The highest BCUT2D eigenvalue weighted by molar-refractivity contribution is 9.10. The quantitative estimate of drug-likeness (QED) is 0.706. The van der Waals surface area contributed by atoms with E-state index in [2.05, 4.69) is 15.9 Å². The fourth-order valence-electron chi connectivity index (χ4n) is 2.07. The second kappa shape index (κ2) is 7.05. The molecular formula is C16H16BrClO3. The molecule has 0 spiro atoms. The first-order chi connectivity index (χ1) is 10.1. The first kappa shape index (κ1) is 16.0. The van der Waals surface area contributed by atoms with Gasteiger partial charge in [-0.25, -0.2) is 0 Å². The molecule has 0 saturated carbocycles. The van der Waals surface area contributed by atoms with Crippen molar-refractivity contribution in [3.8, 4) is 17.2 Å². The van der Waals surface area contributed by atoms with Crippen LogP contribution < -0.4 is 14.2 Å². The Bertz CT molecular complexity index is 614. The highest BCUT2D eigenvalue weighted by atomic mass is 79.9. The minimum Gasteiger partial charge on any atom is -0.497 e. The lowest BCUT2D eigenvalue weighted by atomic mass is 10.0. The van der Waals surface area contributed by atoms with E-state index in [4.69, 9.17) is 25.8 Å². The van der Waals surface area contributed by atoms with Crippen LogP contribution in [0.1, 0.15) is 16.5 Å². The monoisotopic (exact) mass is 370 g/mol. The second-order valence-corrected chi connectivity index (χ2v) is 5.57. The summed E-state index contributed by atoms with van der Waals surface area (Å²) in [5.74, 6) is 2.17. The highest BCUT2D eigenvalue weighted by Crippen LogP contribution is 2.43. The first-order valence-electron chi connectivity index (χ1n) is 6.30. The molecule has 0 fully saturated rings. The Morgan fingerprint density at radius 1 is 0.905 bits per heavy atom. The van der Waals surface area contributed by atoms with Crippen LogP contribution in [0.5, 0.6) is 17.2 Å². The van der Waals surface area contributed by atoms with Gasteiger partial charge in [0.05, 0.1) is 26.7 Å². The molecule has 0 heterocycles. The molecule has 0 saturated heterocycles. The molecule has 21 heavy (non-hydrogen) atoms. The molecule has 0 N–H and O–H groups in total. The molecule has 2 aromatic carbocycles. The van der Waals surface area contributed by atoms with Crippen molar-refractivity contribution in [3.63, 3.8) is 0 Å². The zero-order valence-corrected chi connectivity index (χ0v) is 14.4. The molecule has 0 bridgehead atoms. The van der Waals surface area contributed by atoms with Crippen molar-refractivity contribution >= 4 is 27.5 Å². The average molecular weight is 372 g/mol. The Morgan fingerprint density at radius 3 is 2.10 bits per heavy atom. The van der Waals surface area contributed by atoms with Crippen LogP contribution in [0.3, 0.4) is 0 Å². The van der Waals surface area contributed by atoms with E-state index in [1.165, 1.54) is 0 Å². The van der Waals surface area contributed by atoms with E-state index in [1.807, 2.05) is 36.4 Å². The third-order valence-electron chi connectivity index (χ3n) is 3.20. The molecule has 1 atom stereocenters. The van der Waals surface area contributed by atoms with Crippen molar-refractivity contribution in [3.05, 3.63) is 52.0 Å². The van der Waals surface area contributed by atoms with Gasteiger partial charge in [-0.3, -0.25) is 0 Å². The maximum Gasteiger partial charge on any atom is 0.141 e. The molecule has 0 aliphatic carbocycles. The van der Waals surface area contributed by atoms with Gasteiger partial charge in [0, 0.05) is 5.56 Å². The fraction of sp³-hybridized carbons (Fsp3) is 0.250. The van der Waals surface area contributed by atoms with Crippen molar-refractivity contribution in [2.45, 2.75) is 5.38 Å². The topological polar surface area (TPSA) is 27.7 Å². The number of benzene rings is 2. The lowest BCUT2D eigenvalue weighted by Crippen LogP contribution is -2.00. The Balaban J connectivity index is 2.42. The van der Waals surface area contributed by atoms with Crippen LogP contribution in [-0.4, -0.2) is 21.3 Å². The van der Waals surface area contributed by atoms with Crippen molar-refractivity contribution in [1.82, 2.24) is 0 Å². The molecule has 112 valence electrons. The fourth-order valence-corrected chi connectivity index (χ4v) is 3.07. The maximum atomic E-state index is 6.60. The molecule has 0 radical (unpaired) electrons. The van der Waals surface area contributed by atoms with E-state index in [-0.39, 0.29) is 5.38 Å². The van der Waals surface area contributed by atoms with Gasteiger partial charge in [0.1, 0.15) is 21.7 Å². The van der Waals surface area contributed by atoms with Crippen molar-refractivity contribution < 1.29 is 14.2 Å². The molecule has 2 rings (SSSR count). The summed E-state index contributed by atoms with van der Waals surface area (Å²) >= 11 is 10.1. The van der Waals surface area contributed by atoms with Crippen LogP contribution in [0.2, 0.25) is 0 Å². The number of hydrogen-bond donors (Lipinski definition) is 0. The Morgan fingerprint density at radius 2 is 1.57 bits per heavy atom. The van der Waals surface area contributed by atoms with Gasteiger partial charge in [-0.05, 0) is 45.8 Å². The van der Waals surface area contributed by atoms with Crippen LogP contribution in [0.15, 0.2) is 40.9 Å². The maximum absolute atomic E-state index is 6.60. The van der Waals surface area contributed by atoms with Crippen LogP contribution in [0.25, 0.3) is 0 Å². The molecular weight excluding hydrogens is 356 g/mol. The van der Waals surface area contributed by atoms with E-state index in [9.17, 15) is 0 Å². The zero-order chi connectivity index (χ0) is 15.4. The molecule has 0 aliphatic heterocycles. The van der Waals surface area contributed by atoms with Crippen LogP contribution in [-0.2, 0) is 0 Å². The highest BCUT2D eigenvalue weighted by Gasteiger charge is 2.20. The standard InChI is InChI=1S/C16H16BrClO3/c1-19-11-6-4-10(5-7-11)15(18)12-8-9-13(20-2)14(17)16(12)21-3/h4-9,15H,1-3H3. The minimum absolute atomic E-state index is 0.326.